The van der Waals surface area contributed by atoms with Crippen molar-refractivity contribution >= 4 is 17.5 Å². The fourth-order valence-electron chi connectivity index (χ4n) is 2.48. The maximum atomic E-state index is 12.2. The molecule has 0 aliphatic carbocycles. The van der Waals surface area contributed by atoms with Crippen LogP contribution in [0.1, 0.15) is 21.6 Å². The smallest absolute Gasteiger partial charge is 0.270 e. The van der Waals surface area contributed by atoms with Gasteiger partial charge >= 0.3 is 0 Å². The monoisotopic (exact) mass is 382 g/mol. The molecule has 0 aliphatic heterocycles. The Morgan fingerprint density at radius 3 is 2.59 bits per heavy atom. The van der Waals surface area contributed by atoms with Crippen molar-refractivity contribution in [1.82, 2.24) is 10.3 Å². The highest BCUT2D eigenvalue weighted by Gasteiger charge is 2.10. The summed E-state index contributed by atoms with van der Waals surface area (Å²) in [6, 6.07) is 18.6. The van der Waals surface area contributed by atoms with Crippen LogP contribution in [0.5, 0.6) is 11.5 Å². The van der Waals surface area contributed by atoms with E-state index in [-0.39, 0.29) is 11.6 Å². The first-order chi connectivity index (χ1) is 13.2. The summed E-state index contributed by atoms with van der Waals surface area (Å²) >= 11 is 5.89. The fourth-order valence-corrected chi connectivity index (χ4v) is 2.64. The normalized spacial score (nSPS) is 10.3. The molecule has 27 heavy (non-hydrogen) atoms. The van der Waals surface area contributed by atoms with Crippen LogP contribution < -0.4 is 14.8 Å². The standard InChI is InChI=1S/C21H19ClN2O3/c1-26-20-11-16(13-24-21(25)18-12-17(22)9-10-23-18)7-8-19(20)27-14-15-5-3-2-4-6-15/h2-12H,13-14H2,1H3,(H,24,25). The third-order valence-electron chi connectivity index (χ3n) is 3.87. The first kappa shape index (κ1) is 18.7. The molecule has 1 amide bonds. The Bertz CT molecular complexity index is 916. The quantitative estimate of drug-likeness (QED) is 0.663. The Balaban J connectivity index is 1.62. The number of aromatic nitrogens is 1. The number of nitrogens with one attached hydrogen (secondary N) is 1. The summed E-state index contributed by atoms with van der Waals surface area (Å²) in [7, 11) is 1.59. The van der Waals surface area contributed by atoms with Crippen LogP contribution >= 0.6 is 11.6 Å². The second-order valence-corrected chi connectivity index (χ2v) is 6.24. The summed E-state index contributed by atoms with van der Waals surface area (Å²) < 4.78 is 11.3. The average molecular weight is 383 g/mol. The van der Waals surface area contributed by atoms with Gasteiger partial charge in [-0.1, -0.05) is 48.0 Å². The lowest BCUT2D eigenvalue weighted by molar-refractivity contribution is 0.0946. The van der Waals surface area contributed by atoms with Crippen molar-refractivity contribution in [2.75, 3.05) is 7.11 Å². The maximum absolute atomic E-state index is 12.2. The van der Waals surface area contributed by atoms with Gasteiger partial charge in [-0.25, -0.2) is 0 Å². The summed E-state index contributed by atoms with van der Waals surface area (Å²) in [4.78, 5) is 16.2. The minimum atomic E-state index is -0.291. The van der Waals surface area contributed by atoms with Crippen LogP contribution in [0.15, 0.2) is 66.9 Å². The van der Waals surface area contributed by atoms with Crippen molar-refractivity contribution in [3.63, 3.8) is 0 Å². The number of methoxy groups -OCH3 is 1. The van der Waals surface area contributed by atoms with E-state index in [1.807, 2.05) is 48.5 Å². The summed E-state index contributed by atoms with van der Waals surface area (Å²) in [5.74, 6) is 0.965. The number of pyridine rings is 1. The Labute approximate surface area is 162 Å². The van der Waals surface area contributed by atoms with Gasteiger partial charge in [0.15, 0.2) is 11.5 Å². The Morgan fingerprint density at radius 1 is 1.04 bits per heavy atom. The molecule has 0 spiro atoms. The highest BCUT2D eigenvalue weighted by molar-refractivity contribution is 6.30. The number of ether oxygens (including phenoxy) is 2. The molecule has 0 saturated carbocycles. The zero-order valence-corrected chi connectivity index (χ0v) is 15.6. The van der Waals surface area contributed by atoms with Crippen LogP contribution in [0.4, 0.5) is 0 Å². The van der Waals surface area contributed by atoms with Crippen LogP contribution in [0.3, 0.4) is 0 Å². The lowest BCUT2D eigenvalue weighted by Crippen LogP contribution is -2.23. The molecule has 0 aliphatic rings. The largest absolute Gasteiger partial charge is 0.493 e. The number of carbonyl (C=O) groups excluding carboxylic acids is 1. The molecule has 0 bridgehead atoms. The van der Waals surface area contributed by atoms with Crippen molar-refractivity contribution in [1.29, 1.82) is 0 Å². The van der Waals surface area contributed by atoms with Gasteiger partial charge < -0.3 is 14.8 Å². The van der Waals surface area contributed by atoms with E-state index in [4.69, 9.17) is 21.1 Å². The topological polar surface area (TPSA) is 60.5 Å². The number of benzene rings is 2. The van der Waals surface area contributed by atoms with Gasteiger partial charge in [-0.3, -0.25) is 9.78 Å². The first-order valence-electron chi connectivity index (χ1n) is 8.39. The SMILES string of the molecule is COc1cc(CNC(=O)c2cc(Cl)ccn2)ccc1OCc1ccccc1. The Morgan fingerprint density at radius 2 is 1.85 bits per heavy atom. The van der Waals surface area contributed by atoms with E-state index in [2.05, 4.69) is 10.3 Å². The maximum Gasteiger partial charge on any atom is 0.270 e. The van der Waals surface area contributed by atoms with Crippen molar-refractivity contribution in [3.8, 4) is 11.5 Å². The average Bonchev–Trinajstić information content (AvgIpc) is 2.71. The first-order valence-corrected chi connectivity index (χ1v) is 8.77. The molecule has 138 valence electrons. The minimum absolute atomic E-state index is 0.275. The molecular weight excluding hydrogens is 364 g/mol. The molecule has 3 rings (SSSR count). The Kier molecular flexibility index (Phi) is 6.28. The zero-order chi connectivity index (χ0) is 19.1. The van der Waals surface area contributed by atoms with E-state index >= 15 is 0 Å². The lowest BCUT2D eigenvalue weighted by Gasteiger charge is -2.13. The van der Waals surface area contributed by atoms with Crippen molar-refractivity contribution in [2.24, 2.45) is 0 Å². The molecule has 0 fully saturated rings. The summed E-state index contributed by atoms with van der Waals surface area (Å²) in [6.07, 6.45) is 1.50. The van der Waals surface area contributed by atoms with Gasteiger partial charge in [0.25, 0.3) is 5.91 Å². The summed E-state index contributed by atoms with van der Waals surface area (Å²) in [5.41, 5.74) is 2.23. The van der Waals surface area contributed by atoms with E-state index in [0.717, 1.165) is 11.1 Å². The van der Waals surface area contributed by atoms with Gasteiger partial charge in [-0.05, 0) is 35.4 Å². The number of nitrogens with zero attached hydrogens (tertiary/aromatic N) is 1. The second-order valence-electron chi connectivity index (χ2n) is 5.80. The summed E-state index contributed by atoms with van der Waals surface area (Å²) in [6.45, 7) is 0.788. The van der Waals surface area contributed by atoms with E-state index in [9.17, 15) is 4.79 Å². The molecule has 0 saturated heterocycles. The minimum Gasteiger partial charge on any atom is -0.493 e. The molecule has 1 aromatic heterocycles. The van der Waals surface area contributed by atoms with Crippen molar-refractivity contribution in [2.45, 2.75) is 13.2 Å². The van der Waals surface area contributed by atoms with Crippen molar-refractivity contribution < 1.29 is 14.3 Å². The zero-order valence-electron chi connectivity index (χ0n) is 14.8. The lowest BCUT2D eigenvalue weighted by atomic mass is 10.2. The van der Waals surface area contributed by atoms with Crippen molar-refractivity contribution in [3.05, 3.63) is 88.7 Å². The molecule has 0 unspecified atom stereocenters. The molecule has 0 atom stereocenters. The number of halogens is 1. The number of hydrogen-bond acceptors (Lipinski definition) is 4. The number of rotatable bonds is 7. The van der Waals surface area contributed by atoms with Crippen LogP contribution in [0.2, 0.25) is 5.02 Å². The van der Waals surface area contributed by atoms with E-state index in [1.54, 1.807) is 13.2 Å². The molecule has 5 nitrogen and oxygen atoms in total. The molecule has 6 heteroatoms. The van der Waals surface area contributed by atoms with Crippen LogP contribution in [0.25, 0.3) is 0 Å². The number of amides is 1. The van der Waals surface area contributed by atoms with Gasteiger partial charge in [-0.15, -0.1) is 0 Å². The van der Waals surface area contributed by atoms with Gasteiger partial charge in [0.1, 0.15) is 12.3 Å². The highest BCUT2D eigenvalue weighted by atomic mass is 35.5. The van der Waals surface area contributed by atoms with Crippen LogP contribution in [0, 0.1) is 0 Å². The van der Waals surface area contributed by atoms with Gasteiger partial charge in [0, 0.05) is 17.8 Å². The molecule has 1 N–H and O–H groups in total. The van der Waals surface area contributed by atoms with E-state index in [0.29, 0.717) is 29.7 Å². The Hall–Kier alpha value is -3.05. The molecular formula is C21H19ClN2O3. The molecule has 1 heterocycles. The molecule has 3 aromatic rings. The fraction of sp³-hybridized carbons (Fsp3) is 0.143. The third kappa shape index (κ3) is 5.21. The second kappa shape index (κ2) is 9.05. The van der Waals surface area contributed by atoms with Crippen LogP contribution in [-0.2, 0) is 13.2 Å². The van der Waals surface area contributed by atoms with Gasteiger partial charge in [-0.2, -0.15) is 0 Å². The van der Waals surface area contributed by atoms with E-state index < -0.39 is 0 Å². The highest BCUT2D eigenvalue weighted by Crippen LogP contribution is 2.28. The molecule has 2 aromatic carbocycles. The number of carbonyl (C=O) groups is 1. The predicted molar refractivity (Wildman–Crippen MR) is 104 cm³/mol. The van der Waals surface area contributed by atoms with Gasteiger partial charge in [0.2, 0.25) is 0 Å². The molecule has 0 radical (unpaired) electrons. The van der Waals surface area contributed by atoms with Crippen LogP contribution in [-0.4, -0.2) is 18.0 Å². The van der Waals surface area contributed by atoms with E-state index in [1.165, 1.54) is 12.3 Å². The number of hydrogen-bond donors (Lipinski definition) is 1. The van der Waals surface area contributed by atoms with Gasteiger partial charge in [0.05, 0.1) is 7.11 Å². The summed E-state index contributed by atoms with van der Waals surface area (Å²) in [5, 5.41) is 3.28. The predicted octanol–water partition coefficient (Wildman–Crippen LogP) is 4.25. The third-order valence-corrected chi connectivity index (χ3v) is 4.11.